The van der Waals surface area contributed by atoms with Crippen molar-refractivity contribution in [2.24, 2.45) is 28.6 Å². The first kappa shape index (κ1) is 29.7. The Labute approximate surface area is 213 Å². The summed E-state index contributed by atoms with van der Waals surface area (Å²) >= 11 is 0. The van der Waals surface area contributed by atoms with E-state index in [0.29, 0.717) is 49.5 Å². The molecule has 2 aliphatic carbocycles. The Morgan fingerprint density at radius 1 is 1.17 bits per heavy atom. The normalized spacial score (nSPS) is 35.4. The van der Waals surface area contributed by atoms with E-state index in [1.807, 2.05) is 13.8 Å². The summed E-state index contributed by atoms with van der Waals surface area (Å²) in [5.74, 6) is 0.878. The molecular weight excluding hydrogens is 436 g/mol. The molecule has 0 aromatic heterocycles. The number of aldehydes is 1. The van der Waals surface area contributed by atoms with Gasteiger partial charge in [-0.15, -0.1) is 0 Å². The molecule has 2 rings (SSSR count). The molecule has 0 aliphatic heterocycles. The zero-order valence-corrected chi connectivity index (χ0v) is 23.1. The average Bonchev–Trinajstić information content (AvgIpc) is 2.80. The Morgan fingerprint density at radius 3 is 2.46 bits per heavy atom. The molecule has 2 saturated carbocycles. The van der Waals surface area contributed by atoms with Crippen molar-refractivity contribution in [3.8, 4) is 0 Å². The molecule has 5 atom stereocenters. The molecule has 0 bridgehead atoms. The topological polar surface area (TPSA) is 77.8 Å². The second-order valence-corrected chi connectivity index (χ2v) is 12.1. The fourth-order valence-corrected chi connectivity index (χ4v) is 6.63. The Hall–Kier alpha value is -1.49. The number of carbonyl (C=O) groups is 1. The highest BCUT2D eigenvalue weighted by atomic mass is 16.3. The van der Waals surface area contributed by atoms with Crippen molar-refractivity contribution in [2.75, 3.05) is 13.2 Å². The van der Waals surface area contributed by atoms with Gasteiger partial charge in [-0.05, 0) is 95.0 Å². The maximum absolute atomic E-state index is 11.6. The van der Waals surface area contributed by atoms with Crippen LogP contribution in [0.3, 0.4) is 0 Å². The van der Waals surface area contributed by atoms with E-state index < -0.39 is 11.0 Å². The van der Waals surface area contributed by atoms with Crippen molar-refractivity contribution in [1.82, 2.24) is 0 Å². The van der Waals surface area contributed by atoms with Crippen LogP contribution in [0.5, 0.6) is 0 Å². The first-order valence-electron chi connectivity index (χ1n) is 13.5. The number of aliphatic hydroxyl groups is 3. The van der Waals surface area contributed by atoms with E-state index >= 15 is 0 Å². The van der Waals surface area contributed by atoms with E-state index in [2.05, 4.69) is 52.5 Å². The molecule has 35 heavy (non-hydrogen) atoms. The number of rotatable bonds is 10. The lowest BCUT2D eigenvalue weighted by molar-refractivity contribution is -0.146. The van der Waals surface area contributed by atoms with Crippen LogP contribution >= 0.6 is 0 Å². The monoisotopic (exact) mass is 486 g/mol. The molecule has 0 saturated heterocycles. The zero-order valence-electron chi connectivity index (χ0n) is 23.1. The molecule has 2 fully saturated rings. The van der Waals surface area contributed by atoms with E-state index in [1.165, 1.54) is 17.6 Å². The summed E-state index contributed by atoms with van der Waals surface area (Å²) in [5.41, 5.74) is 2.59. The zero-order chi connectivity index (χ0) is 26.4. The highest BCUT2D eigenvalue weighted by Crippen LogP contribution is 2.55. The van der Waals surface area contributed by atoms with E-state index in [1.54, 1.807) is 0 Å². The van der Waals surface area contributed by atoms with Gasteiger partial charge in [-0.1, -0.05) is 62.3 Å². The summed E-state index contributed by atoms with van der Waals surface area (Å²) in [6.07, 6.45) is 13.6. The Kier molecular flexibility index (Phi) is 10.3. The maximum atomic E-state index is 11.6. The van der Waals surface area contributed by atoms with Gasteiger partial charge in [0, 0.05) is 17.9 Å². The lowest BCUT2D eigenvalue weighted by Crippen LogP contribution is -2.56. The highest BCUT2D eigenvalue weighted by molar-refractivity contribution is 5.74. The van der Waals surface area contributed by atoms with Crippen LogP contribution in [0.15, 0.2) is 47.1 Å². The van der Waals surface area contributed by atoms with Crippen molar-refractivity contribution in [2.45, 2.75) is 98.5 Å². The van der Waals surface area contributed by atoms with Crippen molar-refractivity contribution in [3.63, 3.8) is 0 Å². The number of hydrogen-bond donors (Lipinski definition) is 3. The Bertz CT molecular complexity index is 844. The van der Waals surface area contributed by atoms with Crippen molar-refractivity contribution in [3.05, 3.63) is 47.1 Å². The van der Waals surface area contributed by atoms with Gasteiger partial charge in [0.05, 0.1) is 12.2 Å². The molecule has 0 aromatic carbocycles. The number of hydrogen-bond acceptors (Lipinski definition) is 4. The predicted octanol–water partition coefficient (Wildman–Crippen LogP) is 6.33. The fraction of sp³-hybridized carbons (Fsp3) is 0.710. The summed E-state index contributed by atoms with van der Waals surface area (Å²) in [5, 5.41) is 31.7. The summed E-state index contributed by atoms with van der Waals surface area (Å²) in [7, 11) is 0. The Morgan fingerprint density at radius 2 is 1.86 bits per heavy atom. The second kappa shape index (κ2) is 12.2. The standard InChI is InChI=1S/C31H50O4/c1-22(12-15-27-23(2)13-14-25(4)29(27,5)6)10-8-17-31(21-34)28(11-9-19-32)26(24(3)20-33)16-18-30(31,7)35/h10,12,15,20,25,27-28,32,34-35H,2,8-9,11,13-14,16-19,21H2,1,3-7H3/b15-12+,22-10+,26-24-/t25-,27+,28-,30+,31-/m1/s1. The van der Waals surface area contributed by atoms with Crippen LogP contribution < -0.4 is 0 Å². The molecular formula is C31H50O4. The summed E-state index contributed by atoms with van der Waals surface area (Å²) in [6.45, 7) is 17.0. The largest absolute Gasteiger partial charge is 0.396 e. The minimum Gasteiger partial charge on any atom is -0.396 e. The summed E-state index contributed by atoms with van der Waals surface area (Å²) in [6, 6.07) is 0. The minimum absolute atomic E-state index is 0.0544. The lowest BCUT2D eigenvalue weighted by atomic mass is 9.53. The van der Waals surface area contributed by atoms with Crippen LogP contribution in [0.4, 0.5) is 0 Å². The van der Waals surface area contributed by atoms with Crippen molar-refractivity contribution >= 4 is 6.29 Å². The molecule has 0 unspecified atom stereocenters. The molecule has 0 radical (unpaired) electrons. The predicted molar refractivity (Wildman–Crippen MR) is 145 cm³/mol. The van der Waals surface area contributed by atoms with Gasteiger partial charge >= 0.3 is 0 Å². The smallest absolute Gasteiger partial charge is 0.145 e. The summed E-state index contributed by atoms with van der Waals surface area (Å²) < 4.78 is 0. The van der Waals surface area contributed by atoms with Gasteiger partial charge in [0.1, 0.15) is 6.29 Å². The molecule has 0 aromatic rings. The minimum atomic E-state index is -1.05. The fourth-order valence-electron chi connectivity index (χ4n) is 6.63. The van der Waals surface area contributed by atoms with Crippen molar-refractivity contribution < 1.29 is 20.1 Å². The van der Waals surface area contributed by atoms with Gasteiger partial charge in [0.2, 0.25) is 0 Å². The van der Waals surface area contributed by atoms with Crippen LogP contribution in [0.1, 0.15) is 92.9 Å². The molecule has 0 amide bonds. The molecule has 3 N–H and O–H groups in total. The van der Waals surface area contributed by atoms with Crippen LogP contribution in [0.25, 0.3) is 0 Å². The molecule has 4 nitrogen and oxygen atoms in total. The average molecular weight is 487 g/mol. The van der Waals surface area contributed by atoms with Crippen LogP contribution in [-0.4, -0.2) is 40.4 Å². The number of allylic oxidation sites excluding steroid dienone is 7. The van der Waals surface area contributed by atoms with Gasteiger partial charge in [0.25, 0.3) is 0 Å². The number of aliphatic hydroxyl groups excluding tert-OH is 2. The molecule has 4 heteroatoms. The van der Waals surface area contributed by atoms with Gasteiger partial charge in [-0.3, -0.25) is 4.79 Å². The maximum Gasteiger partial charge on any atom is 0.145 e. The van der Waals surface area contributed by atoms with E-state index in [9.17, 15) is 20.1 Å². The van der Waals surface area contributed by atoms with Crippen LogP contribution in [0.2, 0.25) is 0 Å². The quantitative estimate of drug-likeness (QED) is 0.146. The van der Waals surface area contributed by atoms with E-state index in [0.717, 1.165) is 24.7 Å². The first-order valence-corrected chi connectivity index (χ1v) is 13.5. The third-order valence-electron chi connectivity index (χ3n) is 9.68. The van der Waals surface area contributed by atoms with Crippen molar-refractivity contribution in [1.29, 1.82) is 0 Å². The highest BCUT2D eigenvalue weighted by Gasteiger charge is 2.55. The van der Waals surface area contributed by atoms with Crippen LogP contribution in [-0.2, 0) is 4.79 Å². The second-order valence-electron chi connectivity index (χ2n) is 12.1. The first-order chi connectivity index (χ1) is 16.4. The van der Waals surface area contributed by atoms with Gasteiger partial charge < -0.3 is 15.3 Å². The number of carbonyl (C=O) groups excluding carboxylic acids is 1. The SMILES string of the molecule is C=C1CC[C@@H](C)C(C)(C)[C@H]1/C=C/C(C)=C/CC[C@@]1(CO)[C@H](CCCO)/C(=C(/C)C=O)CC[C@]1(C)O. The molecule has 198 valence electrons. The van der Waals surface area contributed by atoms with E-state index in [-0.39, 0.29) is 24.5 Å². The third-order valence-corrected chi connectivity index (χ3v) is 9.68. The summed E-state index contributed by atoms with van der Waals surface area (Å²) in [4.78, 5) is 11.6. The van der Waals surface area contributed by atoms with Gasteiger partial charge in [-0.25, -0.2) is 0 Å². The van der Waals surface area contributed by atoms with E-state index in [4.69, 9.17) is 0 Å². The molecule has 2 aliphatic rings. The lowest BCUT2D eigenvalue weighted by Gasteiger charge is -2.54. The van der Waals surface area contributed by atoms with Crippen LogP contribution in [0, 0.1) is 28.6 Å². The van der Waals surface area contributed by atoms with Gasteiger partial charge in [-0.2, -0.15) is 0 Å². The third kappa shape index (κ3) is 6.26. The molecule has 0 spiro atoms. The van der Waals surface area contributed by atoms with Gasteiger partial charge in [0.15, 0.2) is 0 Å². The Balaban J connectivity index is 2.27. The molecule has 0 heterocycles.